The van der Waals surface area contributed by atoms with E-state index < -0.39 is 0 Å². The van der Waals surface area contributed by atoms with Crippen LogP contribution < -0.4 is 0 Å². The van der Waals surface area contributed by atoms with Gasteiger partial charge < -0.3 is 4.74 Å². The zero-order valence-electron chi connectivity index (χ0n) is 12.3. The lowest BCUT2D eigenvalue weighted by Gasteiger charge is -2.32. The SMILES string of the molecule is Cc1nc(C)n(CC2CN(Cc3ccc(Cl)s3)CCO2)n1. The first kappa shape index (κ1) is 15.0. The van der Waals surface area contributed by atoms with Crippen molar-refractivity contribution in [3.8, 4) is 0 Å². The van der Waals surface area contributed by atoms with E-state index in [-0.39, 0.29) is 6.10 Å². The summed E-state index contributed by atoms with van der Waals surface area (Å²) in [5.41, 5.74) is 0. The lowest BCUT2D eigenvalue weighted by molar-refractivity contribution is -0.0402. The van der Waals surface area contributed by atoms with E-state index in [1.807, 2.05) is 24.6 Å². The molecule has 1 saturated heterocycles. The molecule has 5 nitrogen and oxygen atoms in total. The van der Waals surface area contributed by atoms with Gasteiger partial charge in [0, 0.05) is 24.5 Å². The van der Waals surface area contributed by atoms with Crippen LogP contribution >= 0.6 is 22.9 Å². The van der Waals surface area contributed by atoms with E-state index in [9.17, 15) is 0 Å². The first-order valence-corrected chi connectivity index (χ1v) is 8.26. The zero-order valence-corrected chi connectivity index (χ0v) is 13.8. The van der Waals surface area contributed by atoms with Gasteiger partial charge in [-0.1, -0.05) is 11.6 Å². The summed E-state index contributed by atoms with van der Waals surface area (Å²) < 4.78 is 8.65. The van der Waals surface area contributed by atoms with E-state index in [0.717, 1.165) is 48.8 Å². The summed E-state index contributed by atoms with van der Waals surface area (Å²) in [6, 6.07) is 4.06. The molecule has 0 amide bonds. The first-order valence-electron chi connectivity index (χ1n) is 7.06. The van der Waals surface area contributed by atoms with Crippen LogP contribution in [0.4, 0.5) is 0 Å². The molecule has 1 fully saturated rings. The minimum atomic E-state index is 0.161. The fraction of sp³-hybridized carbons (Fsp3) is 0.571. The number of thiophene rings is 1. The molecule has 0 aromatic carbocycles. The number of halogens is 1. The van der Waals surface area contributed by atoms with E-state index in [1.54, 1.807) is 11.3 Å². The van der Waals surface area contributed by atoms with Gasteiger partial charge in [0.05, 0.1) is 23.6 Å². The largest absolute Gasteiger partial charge is 0.374 e. The Bertz CT molecular complexity index is 612. The molecule has 2 aromatic heterocycles. The Morgan fingerprint density at radius 2 is 2.29 bits per heavy atom. The van der Waals surface area contributed by atoms with E-state index >= 15 is 0 Å². The fourth-order valence-corrected chi connectivity index (χ4v) is 3.75. The molecule has 0 N–H and O–H groups in total. The second-order valence-corrected chi connectivity index (χ2v) is 7.12. The van der Waals surface area contributed by atoms with Crippen LogP contribution in [0.1, 0.15) is 16.5 Å². The van der Waals surface area contributed by atoms with Crippen LogP contribution in [0.15, 0.2) is 12.1 Å². The number of morpholine rings is 1. The van der Waals surface area contributed by atoms with Gasteiger partial charge in [0.15, 0.2) is 0 Å². The molecule has 1 aliphatic rings. The summed E-state index contributed by atoms with van der Waals surface area (Å²) in [5.74, 6) is 1.76. The van der Waals surface area contributed by atoms with Crippen molar-refractivity contribution < 1.29 is 4.74 Å². The Hall–Kier alpha value is -0.950. The highest BCUT2D eigenvalue weighted by Gasteiger charge is 2.22. The number of aryl methyl sites for hydroxylation is 2. The number of rotatable bonds is 4. The van der Waals surface area contributed by atoms with Crippen molar-refractivity contribution >= 4 is 22.9 Å². The highest BCUT2D eigenvalue weighted by atomic mass is 35.5. The van der Waals surface area contributed by atoms with Gasteiger partial charge in [0.2, 0.25) is 0 Å². The van der Waals surface area contributed by atoms with Crippen LogP contribution in [-0.4, -0.2) is 45.5 Å². The maximum atomic E-state index is 5.99. The van der Waals surface area contributed by atoms with E-state index in [4.69, 9.17) is 16.3 Å². The average molecular weight is 327 g/mol. The molecule has 2 aromatic rings. The van der Waals surface area contributed by atoms with E-state index in [1.165, 1.54) is 4.88 Å². The monoisotopic (exact) mass is 326 g/mol. The lowest BCUT2D eigenvalue weighted by atomic mass is 10.2. The number of hydrogen-bond donors (Lipinski definition) is 0. The standard InChI is InChI=1S/C14H19ClN4OS/c1-10-16-11(2)19(17-10)8-12-7-18(5-6-20-12)9-13-3-4-14(15)21-13/h3-4,12H,5-9H2,1-2H3. The number of hydrogen-bond acceptors (Lipinski definition) is 5. The molecule has 0 saturated carbocycles. The van der Waals surface area contributed by atoms with Crippen LogP contribution in [-0.2, 0) is 17.8 Å². The summed E-state index contributed by atoms with van der Waals surface area (Å²) in [6.07, 6.45) is 0.161. The average Bonchev–Trinajstić information content (AvgIpc) is 2.96. The van der Waals surface area contributed by atoms with Crippen molar-refractivity contribution in [1.29, 1.82) is 0 Å². The third kappa shape index (κ3) is 3.83. The van der Waals surface area contributed by atoms with Crippen LogP contribution in [0, 0.1) is 13.8 Å². The quantitative estimate of drug-likeness (QED) is 0.866. The smallest absolute Gasteiger partial charge is 0.147 e. The molecule has 3 heterocycles. The molecule has 3 rings (SSSR count). The number of ether oxygens (including phenoxy) is 1. The Balaban J connectivity index is 1.59. The third-order valence-electron chi connectivity index (χ3n) is 3.57. The normalized spacial score (nSPS) is 20.0. The summed E-state index contributed by atoms with van der Waals surface area (Å²) in [7, 11) is 0. The van der Waals surface area contributed by atoms with Crippen molar-refractivity contribution in [1.82, 2.24) is 19.7 Å². The van der Waals surface area contributed by atoms with Gasteiger partial charge in [-0.15, -0.1) is 11.3 Å². The lowest BCUT2D eigenvalue weighted by Crippen LogP contribution is -2.43. The Kier molecular flexibility index (Phi) is 4.59. The Labute approximate surface area is 133 Å². The highest BCUT2D eigenvalue weighted by molar-refractivity contribution is 7.16. The van der Waals surface area contributed by atoms with Crippen molar-refractivity contribution in [2.75, 3.05) is 19.7 Å². The van der Waals surface area contributed by atoms with Crippen molar-refractivity contribution in [2.45, 2.75) is 33.0 Å². The van der Waals surface area contributed by atoms with Crippen molar-refractivity contribution in [3.05, 3.63) is 33.0 Å². The summed E-state index contributed by atoms with van der Waals surface area (Å²) >= 11 is 7.64. The topological polar surface area (TPSA) is 43.2 Å². The van der Waals surface area contributed by atoms with Gasteiger partial charge in [0.1, 0.15) is 11.6 Å². The fourth-order valence-electron chi connectivity index (χ4n) is 2.62. The maximum Gasteiger partial charge on any atom is 0.147 e. The number of nitrogens with zero attached hydrogens (tertiary/aromatic N) is 4. The van der Waals surface area contributed by atoms with E-state index in [2.05, 4.69) is 21.0 Å². The summed E-state index contributed by atoms with van der Waals surface area (Å²) in [5, 5.41) is 4.41. The predicted molar refractivity (Wildman–Crippen MR) is 83.8 cm³/mol. The van der Waals surface area contributed by atoms with Crippen LogP contribution in [0.25, 0.3) is 0 Å². The minimum absolute atomic E-state index is 0.161. The van der Waals surface area contributed by atoms with Crippen molar-refractivity contribution in [3.63, 3.8) is 0 Å². The summed E-state index contributed by atoms with van der Waals surface area (Å²) in [4.78, 5) is 8.05. The van der Waals surface area contributed by atoms with Crippen LogP contribution in [0.3, 0.4) is 0 Å². The molecule has 1 unspecified atom stereocenters. The Morgan fingerprint density at radius 1 is 1.43 bits per heavy atom. The van der Waals surface area contributed by atoms with Crippen LogP contribution in [0.5, 0.6) is 0 Å². The van der Waals surface area contributed by atoms with Gasteiger partial charge in [-0.2, -0.15) is 5.10 Å². The number of aromatic nitrogens is 3. The molecule has 1 atom stereocenters. The molecular formula is C14H19ClN4OS. The molecule has 1 aliphatic heterocycles. The first-order chi connectivity index (χ1) is 10.1. The molecule has 21 heavy (non-hydrogen) atoms. The second-order valence-electron chi connectivity index (χ2n) is 5.32. The molecule has 0 radical (unpaired) electrons. The molecule has 0 spiro atoms. The zero-order chi connectivity index (χ0) is 14.8. The van der Waals surface area contributed by atoms with Crippen molar-refractivity contribution in [2.24, 2.45) is 0 Å². The molecule has 114 valence electrons. The highest BCUT2D eigenvalue weighted by Crippen LogP contribution is 2.23. The van der Waals surface area contributed by atoms with Gasteiger partial charge in [-0.05, 0) is 26.0 Å². The van der Waals surface area contributed by atoms with E-state index in [0.29, 0.717) is 0 Å². The van der Waals surface area contributed by atoms with Gasteiger partial charge in [-0.25, -0.2) is 9.67 Å². The second kappa shape index (κ2) is 6.44. The maximum absolute atomic E-state index is 5.99. The predicted octanol–water partition coefficient (Wildman–Crippen LogP) is 2.51. The molecular weight excluding hydrogens is 308 g/mol. The van der Waals surface area contributed by atoms with Crippen LogP contribution in [0.2, 0.25) is 4.34 Å². The summed E-state index contributed by atoms with van der Waals surface area (Å²) in [6.45, 7) is 8.22. The third-order valence-corrected chi connectivity index (χ3v) is 4.79. The van der Waals surface area contributed by atoms with Gasteiger partial charge >= 0.3 is 0 Å². The van der Waals surface area contributed by atoms with Gasteiger partial charge in [-0.3, -0.25) is 4.90 Å². The minimum Gasteiger partial charge on any atom is -0.374 e. The molecule has 0 aliphatic carbocycles. The van der Waals surface area contributed by atoms with Gasteiger partial charge in [0.25, 0.3) is 0 Å². The Morgan fingerprint density at radius 3 is 2.95 bits per heavy atom. The molecule has 0 bridgehead atoms. The molecule has 7 heteroatoms.